The third-order valence-electron chi connectivity index (χ3n) is 4.62. The fourth-order valence-corrected chi connectivity index (χ4v) is 4.54. The number of amides is 1. The van der Waals surface area contributed by atoms with Crippen LogP contribution in [0, 0.1) is 29.6 Å². The second-order valence-corrected chi connectivity index (χ2v) is 9.47. The first-order valence-electron chi connectivity index (χ1n) is 9.80. The SMILES string of the molecule is Cc1nnc(NC(=O)CCSc2nc(N)c(C#N)c(-c3ccc(C(C)C)cc3)c2C#N)s1. The zero-order chi connectivity index (χ0) is 23.3. The van der Waals surface area contributed by atoms with E-state index < -0.39 is 0 Å². The zero-order valence-corrected chi connectivity index (χ0v) is 19.5. The van der Waals surface area contributed by atoms with Crippen molar-refractivity contribution in [2.24, 2.45) is 0 Å². The number of nitrogens with zero attached hydrogens (tertiary/aromatic N) is 5. The summed E-state index contributed by atoms with van der Waals surface area (Å²) in [6.07, 6.45) is 0.189. The van der Waals surface area contributed by atoms with Crippen LogP contribution in [0.4, 0.5) is 10.9 Å². The van der Waals surface area contributed by atoms with Gasteiger partial charge >= 0.3 is 0 Å². The number of nitrogen functional groups attached to an aromatic ring is 1. The summed E-state index contributed by atoms with van der Waals surface area (Å²) in [5, 5.41) is 31.6. The lowest BCUT2D eigenvalue weighted by Gasteiger charge is -2.14. The van der Waals surface area contributed by atoms with E-state index in [0.29, 0.717) is 27.4 Å². The van der Waals surface area contributed by atoms with Gasteiger partial charge in [0, 0.05) is 17.7 Å². The van der Waals surface area contributed by atoms with Crippen molar-refractivity contribution in [1.29, 1.82) is 10.5 Å². The van der Waals surface area contributed by atoms with E-state index in [4.69, 9.17) is 5.73 Å². The minimum atomic E-state index is -0.210. The van der Waals surface area contributed by atoms with Crippen molar-refractivity contribution in [3.8, 4) is 23.3 Å². The van der Waals surface area contributed by atoms with Crippen molar-refractivity contribution < 1.29 is 4.79 Å². The summed E-state index contributed by atoms with van der Waals surface area (Å²) in [6.45, 7) is 6.00. The molecule has 0 bridgehead atoms. The molecule has 3 aromatic rings. The molecule has 0 spiro atoms. The molecule has 2 heterocycles. The Morgan fingerprint density at radius 3 is 2.44 bits per heavy atom. The number of nitrogens with one attached hydrogen (secondary N) is 1. The summed E-state index contributed by atoms with van der Waals surface area (Å²) >= 11 is 2.55. The van der Waals surface area contributed by atoms with Gasteiger partial charge in [0.25, 0.3) is 0 Å². The topological polar surface area (TPSA) is 141 Å². The molecule has 0 fully saturated rings. The number of carbonyl (C=O) groups is 1. The third-order valence-corrected chi connectivity index (χ3v) is 6.35. The first kappa shape index (κ1) is 23.2. The molecule has 2 aromatic heterocycles. The molecular weight excluding hydrogens is 442 g/mol. The van der Waals surface area contributed by atoms with Crippen LogP contribution < -0.4 is 11.1 Å². The molecule has 1 amide bonds. The zero-order valence-electron chi connectivity index (χ0n) is 17.8. The van der Waals surface area contributed by atoms with E-state index in [1.807, 2.05) is 31.2 Å². The quantitative estimate of drug-likeness (QED) is 0.489. The lowest BCUT2D eigenvalue weighted by molar-refractivity contribution is -0.115. The highest BCUT2D eigenvalue weighted by Crippen LogP contribution is 2.36. The molecule has 10 heteroatoms. The smallest absolute Gasteiger partial charge is 0.227 e. The number of hydrogen-bond donors (Lipinski definition) is 2. The predicted octanol–water partition coefficient (Wildman–Crippen LogP) is 4.48. The summed E-state index contributed by atoms with van der Waals surface area (Å²) in [6, 6.07) is 12.0. The number of carbonyl (C=O) groups excluding carboxylic acids is 1. The van der Waals surface area contributed by atoms with Crippen molar-refractivity contribution in [1.82, 2.24) is 15.2 Å². The van der Waals surface area contributed by atoms with Crippen molar-refractivity contribution in [2.45, 2.75) is 38.1 Å². The van der Waals surface area contributed by atoms with Crippen LogP contribution in [-0.4, -0.2) is 26.8 Å². The summed E-state index contributed by atoms with van der Waals surface area (Å²) in [4.78, 5) is 16.4. The van der Waals surface area contributed by atoms with Gasteiger partial charge in [-0.2, -0.15) is 10.5 Å². The molecule has 32 heavy (non-hydrogen) atoms. The van der Waals surface area contributed by atoms with E-state index in [2.05, 4.69) is 46.5 Å². The predicted molar refractivity (Wildman–Crippen MR) is 126 cm³/mol. The molecule has 0 aliphatic rings. The van der Waals surface area contributed by atoms with Crippen LogP contribution in [-0.2, 0) is 4.79 Å². The Kier molecular flexibility index (Phi) is 7.41. The van der Waals surface area contributed by atoms with Gasteiger partial charge < -0.3 is 11.1 Å². The monoisotopic (exact) mass is 463 g/mol. The van der Waals surface area contributed by atoms with Gasteiger partial charge in [-0.05, 0) is 24.0 Å². The number of nitriles is 2. The van der Waals surface area contributed by atoms with Gasteiger partial charge in [0.1, 0.15) is 33.6 Å². The van der Waals surface area contributed by atoms with Crippen LogP contribution in [0.25, 0.3) is 11.1 Å². The Morgan fingerprint density at radius 2 is 1.88 bits per heavy atom. The van der Waals surface area contributed by atoms with Gasteiger partial charge in [-0.3, -0.25) is 4.79 Å². The van der Waals surface area contributed by atoms with Crippen LogP contribution in [0.15, 0.2) is 29.3 Å². The number of nitrogens with two attached hydrogens (primary N) is 1. The van der Waals surface area contributed by atoms with Crippen molar-refractivity contribution in [2.75, 3.05) is 16.8 Å². The van der Waals surface area contributed by atoms with E-state index in [0.717, 1.165) is 16.1 Å². The minimum Gasteiger partial charge on any atom is -0.383 e. The molecule has 1 aromatic carbocycles. The summed E-state index contributed by atoms with van der Waals surface area (Å²) in [5.74, 6) is 0.588. The summed E-state index contributed by atoms with van der Waals surface area (Å²) < 4.78 is 0. The molecule has 0 aliphatic carbocycles. The van der Waals surface area contributed by atoms with Gasteiger partial charge in [0.05, 0.1) is 5.56 Å². The molecule has 0 radical (unpaired) electrons. The number of rotatable bonds is 7. The molecule has 162 valence electrons. The van der Waals surface area contributed by atoms with Gasteiger partial charge in [-0.1, -0.05) is 49.4 Å². The highest BCUT2D eigenvalue weighted by atomic mass is 32.2. The fraction of sp³-hybridized carbons (Fsp3) is 0.273. The number of hydrogen-bond acceptors (Lipinski definition) is 9. The van der Waals surface area contributed by atoms with Gasteiger partial charge in [0.15, 0.2) is 0 Å². The van der Waals surface area contributed by atoms with Crippen molar-refractivity contribution in [3.05, 3.63) is 46.0 Å². The molecule has 0 unspecified atom stereocenters. The standard InChI is InChI=1S/C22H21N7OS2/c1-12(2)14-4-6-15(7-5-14)19-16(10-23)20(25)27-21(17(19)11-24)31-9-8-18(30)26-22-29-28-13(3)32-22/h4-7,12H,8-9H2,1-3H3,(H2,25,27)(H,26,29,30). The second kappa shape index (κ2) is 10.2. The maximum atomic E-state index is 12.2. The van der Waals surface area contributed by atoms with Crippen LogP contribution in [0.1, 0.15) is 47.9 Å². The summed E-state index contributed by atoms with van der Waals surface area (Å²) in [5.41, 5.74) is 8.85. The number of benzene rings is 1. The number of pyridine rings is 1. The molecule has 3 N–H and O–H groups in total. The van der Waals surface area contributed by atoms with E-state index in [1.165, 1.54) is 23.1 Å². The lowest BCUT2D eigenvalue weighted by atomic mass is 9.94. The number of aryl methyl sites for hydroxylation is 1. The third kappa shape index (κ3) is 5.22. The maximum Gasteiger partial charge on any atom is 0.227 e. The Hall–Kier alpha value is -3.47. The average Bonchev–Trinajstić information content (AvgIpc) is 3.17. The molecular formula is C22H21N7OS2. The van der Waals surface area contributed by atoms with E-state index >= 15 is 0 Å². The highest BCUT2D eigenvalue weighted by molar-refractivity contribution is 7.99. The molecule has 0 saturated heterocycles. The first-order valence-corrected chi connectivity index (χ1v) is 11.6. The van der Waals surface area contributed by atoms with Crippen LogP contribution in [0.3, 0.4) is 0 Å². The summed E-state index contributed by atoms with van der Waals surface area (Å²) in [7, 11) is 0. The van der Waals surface area contributed by atoms with Crippen LogP contribution in [0.2, 0.25) is 0 Å². The largest absolute Gasteiger partial charge is 0.383 e. The molecule has 3 rings (SSSR count). The Labute approximate surface area is 194 Å². The Morgan fingerprint density at radius 1 is 1.19 bits per heavy atom. The normalized spacial score (nSPS) is 10.6. The van der Waals surface area contributed by atoms with Crippen molar-refractivity contribution in [3.63, 3.8) is 0 Å². The number of thioether (sulfide) groups is 1. The van der Waals surface area contributed by atoms with Crippen LogP contribution >= 0.6 is 23.1 Å². The average molecular weight is 464 g/mol. The van der Waals surface area contributed by atoms with Crippen LogP contribution in [0.5, 0.6) is 0 Å². The lowest BCUT2D eigenvalue weighted by Crippen LogP contribution is -2.12. The first-order chi connectivity index (χ1) is 15.3. The van der Waals surface area contributed by atoms with Gasteiger partial charge in [-0.15, -0.1) is 22.0 Å². The maximum absolute atomic E-state index is 12.2. The van der Waals surface area contributed by atoms with Gasteiger partial charge in [-0.25, -0.2) is 4.98 Å². The second-order valence-electron chi connectivity index (χ2n) is 7.20. The molecule has 0 saturated carbocycles. The minimum absolute atomic E-state index is 0.0609. The molecule has 0 atom stereocenters. The molecule has 8 nitrogen and oxygen atoms in total. The highest BCUT2D eigenvalue weighted by Gasteiger charge is 2.21. The number of anilines is 2. The molecule has 0 aliphatic heterocycles. The number of aromatic nitrogens is 3. The van der Waals surface area contributed by atoms with E-state index in [9.17, 15) is 15.3 Å². The van der Waals surface area contributed by atoms with Crippen molar-refractivity contribution >= 4 is 40.0 Å². The van der Waals surface area contributed by atoms with E-state index in [-0.39, 0.29) is 29.3 Å². The fourth-order valence-electron chi connectivity index (χ4n) is 3.00. The Balaban J connectivity index is 1.84. The van der Waals surface area contributed by atoms with E-state index in [1.54, 1.807) is 0 Å². The Bertz CT molecular complexity index is 1220. The van der Waals surface area contributed by atoms with Gasteiger partial charge in [0.2, 0.25) is 11.0 Å².